The van der Waals surface area contributed by atoms with Crippen molar-refractivity contribution in [3.8, 4) is 11.3 Å². The number of anilines is 1. The van der Waals surface area contributed by atoms with Gasteiger partial charge in [-0.1, -0.05) is 52.3 Å². The first kappa shape index (κ1) is 17.4. The van der Waals surface area contributed by atoms with Gasteiger partial charge in [-0.2, -0.15) is 0 Å². The molecule has 1 N–H and O–H groups in total. The molecule has 26 heavy (non-hydrogen) atoms. The van der Waals surface area contributed by atoms with E-state index in [1.165, 1.54) is 22.5 Å². The predicted molar refractivity (Wildman–Crippen MR) is 109 cm³/mol. The molecule has 1 aromatic heterocycles. The number of thiazole rings is 1. The molecule has 1 amide bonds. The van der Waals surface area contributed by atoms with E-state index in [0.717, 1.165) is 35.2 Å². The summed E-state index contributed by atoms with van der Waals surface area (Å²) in [6.07, 6.45) is 0.994. The Morgan fingerprint density at radius 1 is 1.15 bits per heavy atom. The Labute approximate surface area is 165 Å². The van der Waals surface area contributed by atoms with E-state index in [4.69, 9.17) is 0 Å². The van der Waals surface area contributed by atoms with Crippen LogP contribution in [0.3, 0.4) is 0 Å². The molecule has 0 bridgehead atoms. The molecule has 6 heteroatoms. The molecule has 1 aliphatic heterocycles. The van der Waals surface area contributed by atoms with Gasteiger partial charge in [0.15, 0.2) is 5.13 Å². The molecule has 2 heterocycles. The number of carbonyl (C=O) groups is 1. The zero-order valence-electron chi connectivity index (χ0n) is 14.1. The van der Waals surface area contributed by atoms with Crippen molar-refractivity contribution in [1.82, 2.24) is 9.88 Å². The average molecular weight is 428 g/mol. The molecule has 132 valence electrons. The standard InChI is InChI=1S/C20H18BrN3OS/c21-17-7-5-15(6-8-17)18-13-26-20(22-18)23-19(25)12-24-10-9-14-3-1-2-4-16(14)11-24/h1-8,13H,9-12H2,(H,22,23,25). The fraction of sp³-hybridized carbons (Fsp3) is 0.200. The fourth-order valence-electron chi connectivity index (χ4n) is 3.14. The Morgan fingerprint density at radius 3 is 2.73 bits per heavy atom. The third kappa shape index (κ3) is 4.03. The van der Waals surface area contributed by atoms with Gasteiger partial charge in [0.25, 0.3) is 0 Å². The van der Waals surface area contributed by atoms with Crippen molar-refractivity contribution in [2.24, 2.45) is 0 Å². The predicted octanol–water partition coefficient (Wildman–Crippen LogP) is 4.57. The van der Waals surface area contributed by atoms with Crippen LogP contribution < -0.4 is 5.32 Å². The summed E-state index contributed by atoms with van der Waals surface area (Å²) in [6, 6.07) is 16.4. The van der Waals surface area contributed by atoms with Gasteiger partial charge in [-0.05, 0) is 29.7 Å². The van der Waals surface area contributed by atoms with Crippen molar-refractivity contribution in [1.29, 1.82) is 0 Å². The SMILES string of the molecule is O=C(CN1CCc2ccccc2C1)Nc1nc(-c2ccc(Br)cc2)cs1. The molecule has 3 aromatic rings. The molecule has 1 aliphatic rings. The highest BCUT2D eigenvalue weighted by atomic mass is 79.9. The molecular formula is C20H18BrN3OS. The van der Waals surface area contributed by atoms with Gasteiger partial charge < -0.3 is 5.32 Å². The lowest BCUT2D eigenvalue weighted by Gasteiger charge is -2.27. The third-order valence-corrected chi connectivity index (χ3v) is 5.75. The van der Waals surface area contributed by atoms with Crippen LogP contribution >= 0.6 is 27.3 Å². The second-order valence-electron chi connectivity index (χ2n) is 6.32. The number of carbonyl (C=O) groups excluding carboxylic acids is 1. The minimum Gasteiger partial charge on any atom is -0.301 e. The molecule has 0 spiro atoms. The van der Waals surface area contributed by atoms with Gasteiger partial charge >= 0.3 is 0 Å². The van der Waals surface area contributed by atoms with Crippen molar-refractivity contribution >= 4 is 38.3 Å². The zero-order chi connectivity index (χ0) is 17.9. The number of rotatable bonds is 4. The Bertz CT molecular complexity index is 923. The minimum atomic E-state index is -0.0129. The van der Waals surface area contributed by atoms with Crippen molar-refractivity contribution < 1.29 is 4.79 Å². The Balaban J connectivity index is 1.36. The summed E-state index contributed by atoms with van der Waals surface area (Å²) < 4.78 is 1.04. The largest absolute Gasteiger partial charge is 0.301 e. The van der Waals surface area contributed by atoms with Crippen LogP contribution in [0.2, 0.25) is 0 Å². The smallest absolute Gasteiger partial charge is 0.240 e. The highest BCUT2D eigenvalue weighted by Crippen LogP contribution is 2.26. The summed E-state index contributed by atoms with van der Waals surface area (Å²) in [6.45, 7) is 2.12. The van der Waals surface area contributed by atoms with Crippen LogP contribution in [0.15, 0.2) is 58.4 Å². The van der Waals surface area contributed by atoms with Crippen LogP contribution in [0.4, 0.5) is 5.13 Å². The van der Waals surface area contributed by atoms with Crippen LogP contribution in [-0.2, 0) is 17.8 Å². The Morgan fingerprint density at radius 2 is 1.92 bits per heavy atom. The van der Waals surface area contributed by atoms with Crippen molar-refractivity contribution in [3.05, 3.63) is 69.5 Å². The number of nitrogens with zero attached hydrogens (tertiary/aromatic N) is 2. The quantitative estimate of drug-likeness (QED) is 0.662. The van der Waals surface area contributed by atoms with Gasteiger partial charge in [-0.3, -0.25) is 9.69 Å². The molecule has 0 radical (unpaired) electrons. The zero-order valence-corrected chi connectivity index (χ0v) is 16.5. The molecule has 0 fully saturated rings. The lowest BCUT2D eigenvalue weighted by Crippen LogP contribution is -2.37. The van der Waals surface area contributed by atoms with Gasteiger partial charge in [-0.25, -0.2) is 4.98 Å². The van der Waals surface area contributed by atoms with Gasteiger partial charge in [0.05, 0.1) is 12.2 Å². The van der Waals surface area contributed by atoms with Crippen LogP contribution in [0.5, 0.6) is 0 Å². The number of benzene rings is 2. The molecule has 0 atom stereocenters. The number of hydrogen-bond acceptors (Lipinski definition) is 4. The summed E-state index contributed by atoms with van der Waals surface area (Å²) in [5.41, 5.74) is 4.63. The van der Waals surface area contributed by atoms with Crippen LogP contribution in [-0.4, -0.2) is 28.9 Å². The van der Waals surface area contributed by atoms with E-state index in [2.05, 4.69) is 55.4 Å². The normalized spacial score (nSPS) is 14.0. The molecule has 0 saturated heterocycles. The summed E-state index contributed by atoms with van der Waals surface area (Å²) in [5.74, 6) is -0.0129. The van der Waals surface area contributed by atoms with Crippen molar-refractivity contribution in [3.63, 3.8) is 0 Å². The van der Waals surface area contributed by atoms with Crippen molar-refractivity contribution in [2.75, 3.05) is 18.4 Å². The maximum Gasteiger partial charge on any atom is 0.240 e. The molecule has 4 nitrogen and oxygen atoms in total. The summed E-state index contributed by atoms with van der Waals surface area (Å²) in [5, 5.41) is 5.54. The molecule has 0 aliphatic carbocycles. The second kappa shape index (κ2) is 7.70. The number of amides is 1. The van der Waals surface area contributed by atoms with E-state index >= 15 is 0 Å². The third-order valence-electron chi connectivity index (χ3n) is 4.47. The Kier molecular flexibility index (Phi) is 5.15. The van der Waals surface area contributed by atoms with E-state index in [-0.39, 0.29) is 5.91 Å². The van der Waals surface area contributed by atoms with Gasteiger partial charge in [0, 0.05) is 28.5 Å². The monoisotopic (exact) mass is 427 g/mol. The molecule has 2 aromatic carbocycles. The molecule has 0 unspecified atom stereocenters. The van der Waals surface area contributed by atoms with Gasteiger partial charge in [0.1, 0.15) is 0 Å². The topological polar surface area (TPSA) is 45.2 Å². The number of hydrogen-bond donors (Lipinski definition) is 1. The maximum absolute atomic E-state index is 12.4. The van der Waals surface area contributed by atoms with Crippen LogP contribution in [0.1, 0.15) is 11.1 Å². The average Bonchev–Trinajstić information content (AvgIpc) is 3.10. The Hall–Kier alpha value is -2.02. The first-order chi connectivity index (χ1) is 12.7. The summed E-state index contributed by atoms with van der Waals surface area (Å²) in [7, 11) is 0. The van der Waals surface area contributed by atoms with Gasteiger partial charge in [0.2, 0.25) is 5.91 Å². The maximum atomic E-state index is 12.4. The van der Waals surface area contributed by atoms with E-state index in [0.29, 0.717) is 11.7 Å². The number of fused-ring (bicyclic) bond motifs is 1. The van der Waals surface area contributed by atoms with Crippen molar-refractivity contribution in [2.45, 2.75) is 13.0 Å². The van der Waals surface area contributed by atoms with E-state index in [9.17, 15) is 4.79 Å². The molecule has 4 rings (SSSR count). The first-order valence-corrected chi connectivity index (χ1v) is 10.1. The second-order valence-corrected chi connectivity index (χ2v) is 8.10. The van der Waals surface area contributed by atoms with Crippen LogP contribution in [0.25, 0.3) is 11.3 Å². The molecule has 0 saturated carbocycles. The lowest BCUT2D eigenvalue weighted by atomic mass is 10.00. The fourth-order valence-corrected chi connectivity index (χ4v) is 4.14. The first-order valence-electron chi connectivity index (χ1n) is 8.48. The number of aromatic nitrogens is 1. The highest BCUT2D eigenvalue weighted by Gasteiger charge is 2.18. The number of nitrogens with one attached hydrogen (secondary N) is 1. The lowest BCUT2D eigenvalue weighted by molar-refractivity contribution is -0.117. The van der Waals surface area contributed by atoms with Crippen LogP contribution in [0, 0.1) is 0 Å². The summed E-state index contributed by atoms with van der Waals surface area (Å²) >= 11 is 4.89. The van der Waals surface area contributed by atoms with E-state index in [1.54, 1.807) is 0 Å². The van der Waals surface area contributed by atoms with E-state index < -0.39 is 0 Å². The highest BCUT2D eigenvalue weighted by molar-refractivity contribution is 9.10. The molecular weight excluding hydrogens is 410 g/mol. The summed E-state index contributed by atoms with van der Waals surface area (Å²) in [4.78, 5) is 19.1. The van der Waals surface area contributed by atoms with Gasteiger partial charge in [-0.15, -0.1) is 11.3 Å². The number of halogens is 1. The van der Waals surface area contributed by atoms with E-state index in [1.807, 2.05) is 29.6 Å². The minimum absolute atomic E-state index is 0.0129.